The zero-order chi connectivity index (χ0) is 23.5. The largest absolute Gasteiger partial charge is 0.493 e. The van der Waals surface area contributed by atoms with Gasteiger partial charge in [-0.2, -0.15) is 0 Å². The summed E-state index contributed by atoms with van der Waals surface area (Å²) < 4.78 is 11.9. The van der Waals surface area contributed by atoms with Crippen LogP contribution in [0.15, 0.2) is 77.8 Å². The Morgan fingerprint density at radius 3 is 2.44 bits per heavy atom. The molecule has 0 bridgehead atoms. The number of ether oxygens (including phenoxy) is 2. The van der Waals surface area contributed by atoms with Crippen molar-refractivity contribution in [2.75, 3.05) is 33.3 Å². The van der Waals surface area contributed by atoms with Crippen molar-refractivity contribution in [2.24, 2.45) is 4.99 Å². The number of nitrogens with zero attached hydrogens (tertiary/aromatic N) is 3. The molecule has 1 atom stereocenters. The van der Waals surface area contributed by atoms with Gasteiger partial charge >= 0.3 is 0 Å². The van der Waals surface area contributed by atoms with Crippen molar-refractivity contribution >= 4 is 17.4 Å². The summed E-state index contributed by atoms with van der Waals surface area (Å²) in [7, 11) is 1.65. The van der Waals surface area contributed by atoms with Gasteiger partial charge in [-0.25, -0.2) is 4.99 Å². The fourth-order valence-corrected chi connectivity index (χ4v) is 4.72. The highest BCUT2D eigenvalue weighted by Gasteiger charge is 2.31. The first-order valence-electron chi connectivity index (χ1n) is 11.8. The molecule has 0 aromatic heterocycles. The molecule has 6 heteroatoms. The van der Waals surface area contributed by atoms with Crippen molar-refractivity contribution in [3.63, 3.8) is 0 Å². The zero-order valence-corrected chi connectivity index (χ0v) is 19.6. The maximum absolute atomic E-state index is 13.4. The minimum Gasteiger partial charge on any atom is -0.493 e. The van der Waals surface area contributed by atoms with Crippen LogP contribution in [0.1, 0.15) is 30.4 Å². The van der Waals surface area contributed by atoms with Crippen molar-refractivity contribution in [1.29, 1.82) is 0 Å². The van der Waals surface area contributed by atoms with Crippen molar-refractivity contribution < 1.29 is 14.3 Å². The quantitative estimate of drug-likeness (QED) is 0.541. The first-order chi connectivity index (χ1) is 16.7. The first-order valence-corrected chi connectivity index (χ1v) is 11.8. The summed E-state index contributed by atoms with van der Waals surface area (Å²) in [6.45, 7) is 4.79. The van der Waals surface area contributed by atoms with Crippen LogP contribution in [0.2, 0.25) is 0 Å². The molecule has 3 aromatic carbocycles. The Bertz CT molecular complexity index is 1200. The van der Waals surface area contributed by atoms with E-state index in [-0.39, 0.29) is 11.8 Å². The van der Waals surface area contributed by atoms with Crippen LogP contribution in [-0.2, 0) is 4.79 Å². The van der Waals surface area contributed by atoms with Gasteiger partial charge in [-0.15, -0.1) is 0 Å². The van der Waals surface area contributed by atoms with Crippen LogP contribution in [0.25, 0.3) is 0 Å². The Morgan fingerprint density at radius 1 is 0.971 bits per heavy atom. The van der Waals surface area contributed by atoms with Crippen LogP contribution in [0, 0.1) is 0 Å². The molecular formula is C28H29N3O3. The van der Waals surface area contributed by atoms with Gasteiger partial charge in [0.05, 0.1) is 18.6 Å². The van der Waals surface area contributed by atoms with Crippen molar-refractivity contribution in [2.45, 2.75) is 19.3 Å². The topological polar surface area (TPSA) is 54.4 Å². The molecule has 5 rings (SSSR count). The van der Waals surface area contributed by atoms with Crippen LogP contribution < -0.4 is 9.47 Å². The number of fused-ring (bicyclic) bond motifs is 2. The number of amides is 1. The van der Waals surface area contributed by atoms with E-state index in [2.05, 4.69) is 11.8 Å². The molecule has 174 valence electrons. The van der Waals surface area contributed by atoms with E-state index < -0.39 is 0 Å². The molecular weight excluding hydrogens is 426 g/mol. The first kappa shape index (κ1) is 22.0. The molecule has 2 aliphatic heterocycles. The maximum Gasteiger partial charge on any atom is 0.230 e. The van der Waals surface area contributed by atoms with Gasteiger partial charge in [0.1, 0.15) is 11.5 Å². The van der Waals surface area contributed by atoms with Crippen LogP contribution in [-0.4, -0.2) is 54.8 Å². The minimum atomic E-state index is -0.103. The summed E-state index contributed by atoms with van der Waals surface area (Å²) >= 11 is 0. The van der Waals surface area contributed by atoms with Gasteiger partial charge in [0.25, 0.3) is 0 Å². The number of amidine groups is 1. The second-order valence-corrected chi connectivity index (χ2v) is 8.53. The van der Waals surface area contributed by atoms with E-state index >= 15 is 0 Å². The Hall–Kier alpha value is -3.80. The summed E-state index contributed by atoms with van der Waals surface area (Å²) in [6, 6.07) is 23.7. The minimum absolute atomic E-state index is 0.103. The molecule has 1 amide bonds. The third-order valence-corrected chi connectivity index (χ3v) is 6.54. The predicted molar refractivity (Wildman–Crippen MR) is 133 cm³/mol. The summed E-state index contributed by atoms with van der Waals surface area (Å²) in [5, 5.41) is 0. The van der Waals surface area contributed by atoms with Gasteiger partial charge in [-0.3, -0.25) is 4.79 Å². The van der Waals surface area contributed by atoms with Gasteiger partial charge < -0.3 is 19.3 Å². The molecule has 2 heterocycles. The number of hydrogen-bond donors (Lipinski definition) is 0. The monoisotopic (exact) mass is 455 g/mol. The van der Waals surface area contributed by atoms with Crippen molar-refractivity contribution in [1.82, 2.24) is 9.80 Å². The fraction of sp³-hybridized carbons (Fsp3) is 0.286. The number of piperazine rings is 1. The maximum atomic E-state index is 13.4. The van der Waals surface area contributed by atoms with Crippen molar-refractivity contribution in [3.8, 4) is 17.2 Å². The van der Waals surface area contributed by atoms with Crippen LogP contribution in [0.3, 0.4) is 0 Å². The highest BCUT2D eigenvalue weighted by Crippen LogP contribution is 2.42. The van der Waals surface area contributed by atoms with Crippen LogP contribution in [0.5, 0.6) is 17.2 Å². The molecule has 0 saturated carbocycles. The lowest BCUT2D eigenvalue weighted by molar-refractivity contribution is -0.134. The lowest BCUT2D eigenvalue weighted by Crippen LogP contribution is -2.51. The third-order valence-electron chi connectivity index (χ3n) is 6.54. The molecule has 2 aliphatic rings. The highest BCUT2D eigenvalue weighted by atomic mass is 16.5. The van der Waals surface area contributed by atoms with Gasteiger partial charge in [-0.05, 0) is 36.2 Å². The summed E-state index contributed by atoms with van der Waals surface area (Å²) in [4.78, 5) is 22.6. The average molecular weight is 456 g/mol. The summed E-state index contributed by atoms with van der Waals surface area (Å²) in [5.74, 6) is 2.98. The van der Waals surface area contributed by atoms with E-state index in [0.29, 0.717) is 43.4 Å². The van der Waals surface area contributed by atoms with Gasteiger partial charge in [-0.1, -0.05) is 55.5 Å². The fourth-order valence-electron chi connectivity index (χ4n) is 4.72. The smallest absolute Gasteiger partial charge is 0.230 e. The van der Waals surface area contributed by atoms with E-state index in [1.807, 2.05) is 77.7 Å². The van der Waals surface area contributed by atoms with E-state index in [4.69, 9.17) is 14.5 Å². The Balaban J connectivity index is 1.40. The third kappa shape index (κ3) is 4.12. The molecule has 0 aliphatic carbocycles. The normalized spacial score (nSPS) is 15.9. The Morgan fingerprint density at radius 2 is 1.71 bits per heavy atom. The average Bonchev–Trinajstić information content (AvgIpc) is 3.06. The Labute approximate surface area is 200 Å². The highest BCUT2D eigenvalue weighted by molar-refractivity contribution is 6.04. The molecule has 1 fully saturated rings. The molecule has 6 nitrogen and oxygen atoms in total. The van der Waals surface area contributed by atoms with E-state index in [1.165, 1.54) is 0 Å². The summed E-state index contributed by atoms with van der Waals surface area (Å²) in [6.07, 6.45) is 0.789. The van der Waals surface area contributed by atoms with Crippen LogP contribution in [0.4, 0.5) is 5.69 Å². The number of hydrogen-bond acceptors (Lipinski definition) is 5. The standard InChI is InChI=1S/C28H29N3O3/c1-3-21(20-10-5-4-6-11-20)28(32)31-18-16-30(17-19-31)27-22-12-9-15-25(33-2)26(22)34-24-14-8-7-13-23(24)29-27/h4-15,21H,3,16-19H2,1-2H3/t21-/m1/s1. The predicted octanol–water partition coefficient (Wildman–Crippen LogP) is 5.22. The molecule has 0 unspecified atom stereocenters. The number of para-hydroxylation sites is 3. The van der Waals surface area contributed by atoms with E-state index in [1.54, 1.807) is 7.11 Å². The lowest BCUT2D eigenvalue weighted by atomic mass is 9.94. The second kappa shape index (κ2) is 9.59. The molecule has 0 spiro atoms. The SMILES string of the molecule is CC[C@@H](C(=O)N1CCN(C2=Nc3ccccc3Oc3c(OC)cccc32)CC1)c1ccccc1. The van der Waals surface area contributed by atoms with E-state index in [0.717, 1.165) is 29.1 Å². The van der Waals surface area contributed by atoms with E-state index in [9.17, 15) is 4.79 Å². The van der Waals surface area contributed by atoms with Crippen molar-refractivity contribution in [3.05, 3.63) is 83.9 Å². The lowest BCUT2D eigenvalue weighted by Gasteiger charge is -2.38. The van der Waals surface area contributed by atoms with Gasteiger partial charge in [0.15, 0.2) is 17.2 Å². The molecule has 0 radical (unpaired) electrons. The molecule has 0 N–H and O–H groups in total. The number of aliphatic imine (C=N–C) groups is 1. The Kier molecular flexibility index (Phi) is 6.21. The number of rotatable bonds is 4. The van der Waals surface area contributed by atoms with Gasteiger partial charge in [0, 0.05) is 26.2 Å². The molecule has 3 aromatic rings. The van der Waals surface area contributed by atoms with Crippen LogP contribution >= 0.6 is 0 Å². The molecule has 34 heavy (non-hydrogen) atoms. The number of carbonyl (C=O) groups excluding carboxylic acids is 1. The molecule has 1 saturated heterocycles. The number of methoxy groups -OCH3 is 1. The summed E-state index contributed by atoms with van der Waals surface area (Å²) in [5.41, 5.74) is 2.76. The number of carbonyl (C=O) groups is 1. The second-order valence-electron chi connectivity index (χ2n) is 8.53. The zero-order valence-electron chi connectivity index (χ0n) is 19.6. The number of benzene rings is 3. The van der Waals surface area contributed by atoms with Gasteiger partial charge in [0.2, 0.25) is 5.91 Å².